The predicted molar refractivity (Wildman–Crippen MR) is 131 cm³/mol. The Morgan fingerprint density at radius 1 is 1.15 bits per heavy atom. The Kier molecular flexibility index (Phi) is 8.89. The SMILES string of the molecule is Cc1cccc(O[C@@H](NCc2ccc(Cl)cc2)c2c(N)n(C)c(=O)n(CCOCCO)c2=O)c1. The second-order valence-electron chi connectivity index (χ2n) is 7.76. The fraction of sp³-hybridized carbons (Fsp3) is 0.333. The zero-order valence-electron chi connectivity index (χ0n) is 19.2. The number of aromatic nitrogens is 2. The van der Waals surface area contributed by atoms with Gasteiger partial charge in [0.15, 0.2) is 6.23 Å². The van der Waals surface area contributed by atoms with Crippen LogP contribution in [-0.2, 0) is 24.9 Å². The Hall–Kier alpha value is -3.11. The van der Waals surface area contributed by atoms with Gasteiger partial charge in [-0.2, -0.15) is 0 Å². The number of hydrogen-bond donors (Lipinski definition) is 3. The number of nitrogens with two attached hydrogens (primary N) is 1. The fourth-order valence-corrected chi connectivity index (χ4v) is 3.54. The molecule has 0 aliphatic heterocycles. The van der Waals surface area contributed by atoms with Crippen LogP contribution in [0, 0.1) is 6.92 Å². The molecule has 0 radical (unpaired) electrons. The van der Waals surface area contributed by atoms with E-state index < -0.39 is 17.5 Å². The first-order valence-electron chi connectivity index (χ1n) is 10.8. The number of nitrogens with zero attached hydrogens (tertiary/aromatic N) is 2. The number of ether oxygens (including phenoxy) is 2. The number of rotatable bonds is 11. The van der Waals surface area contributed by atoms with Gasteiger partial charge in [-0.1, -0.05) is 35.9 Å². The molecule has 0 saturated heterocycles. The lowest BCUT2D eigenvalue weighted by Crippen LogP contribution is -2.45. The number of hydrogen-bond acceptors (Lipinski definition) is 7. The number of anilines is 1. The molecular formula is C24H29ClN4O5. The van der Waals surface area contributed by atoms with Crippen molar-refractivity contribution >= 4 is 17.4 Å². The van der Waals surface area contributed by atoms with Crippen molar-refractivity contribution in [3.05, 3.63) is 91.1 Å². The maximum Gasteiger partial charge on any atom is 0.332 e. The highest BCUT2D eigenvalue weighted by Crippen LogP contribution is 2.23. The second-order valence-corrected chi connectivity index (χ2v) is 8.19. The van der Waals surface area contributed by atoms with Gasteiger partial charge in [0.1, 0.15) is 17.1 Å². The molecule has 0 fully saturated rings. The summed E-state index contributed by atoms with van der Waals surface area (Å²) in [4.78, 5) is 26.1. The summed E-state index contributed by atoms with van der Waals surface area (Å²) >= 11 is 5.98. The molecule has 0 spiro atoms. The third-order valence-corrected chi connectivity index (χ3v) is 5.49. The van der Waals surface area contributed by atoms with Crippen LogP contribution < -0.4 is 27.0 Å². The van der Waals surface area contributed by atoms with Crippen LogP contribution in [-0.4, -0.2) is 34.1 Å². The van der Waals surface area contributed by atoms with Crippen LogP contribution in [0.25, 0.3) is 0 Å². The number of nitrogen functional groups attached to an aromatic ring is 1. The standard InChI is InChI=1S/C24H29ClN4O5/c1-16-4-3-5-19(14-16)34-22(27-15-17-6-8-18(25)9-7-17)20-21(26)28(2)24(32)29(23(20)31)10-12-33-13-11-30/h3-9,14,22,27,30H,10-13,15,26H2,1-2H3/t22-/m1/s1. The minimum atomic E-state index is -0.943. The molecule has 3 aromatic rings. The van der Waals surface area contributed by atoms with E-state index in [2.05, 4.69) is 5.32 Å². The lowest BCUT2D eigenvalue weighted by Gasteiger charge is -2.24. The number of halogens is 1. The smallest absolute Gasteiger partial charge is 0.332 e. The van der Waals surface area contributed by atoms with Gasteiger partial charge in [-0.05, 0) is 42.3 Å². The van der Waals surface area contributed by atoms with Crippen molar-refractivity contribution in [3.8, 4) is 5.75 Å². The van der Waals surface area contributed by atoms with E-state index >= 15 is 0 Å². The monoisotopic (exact) mass is 488 g/mol. The molecule has 0 aliphatic carbocycles. The van der Waals surface area contributed by atoms with E-state index in [1.165, 1.54) is 11.6 Å². The van der Waals surface area contributed by atoms with Crippen LogP contribution in [0.3, 0.4) is 0 Å². The first-order valence-corrected chi connectivity index (χ1v) is 11.2. The van der Waals surface area contributed by atoms with Crippen LogP contribution in [0.4, 0.5) is 5.82 Å². The summed E-state index contributed by atoms with van der Waals surface area (Å²) in [6, 6.07) is 14.7. The predicted octanol–water partition coefficient (Wildman–Crippen LogP) is 1.97. The van der Waals surface area contributed by atoms with Crippen molar-refractivity contribution in [1.29, 1.82) is 0 Å². The molecule has 1 aromatic heterocycles. The summed E-state index contributed by atoms with van der Waals surface area (Å²) < 4.78 is 13.7. The molecule has 10 heteroatoms. The van der Waals surface area contributed by atoms with Crippen LogP contribution in [0.2, 0.25) is 5.02 Å². The number of aliphatic hydroxyl groups is 1. The Labute approximate surface area is 202 Å². The number of aliphatic hydroxyl groups excluding tert-OH is 1. The van der Waals surface area contributed by atoms with Gasteiger partial charge in [-0.15, -0.1) is 0 Å². The molecule has 182 valence electrons. The van der Waals surface area contributed by atoms with Crippen molar-refractivity contribution in [3.63, 3.8) is 0 Å². The fourth-order valence-electron chi connectivity index (χ4n) is 3.41. The molecule has 3 rings (SSSR count). The molecular weight excluding hydrogens is 460 g/mol. The average molecular weight is 489 g/mol. The molecule has 34 heavy (non-hydrogen) atoms. The van der Waals surface area contributed by atoms with Gasteiger partial charge in [-0.3, -0.25) is 19.2 Å². The highest BCUT2D eigenvalue weighted by atomic mass is 35.5. The summed E-state index contributed by atoms with van der Waals surface area (Å²) in [7, 11) is 1.49. The van der Waals surface area contributed by atoms with E-state index in [0.717, 1.165) is 15.7 Å². The molecule has 1 heterocycles. The van der Waals surface area contributed by atoms with Crippen molar-refractivity contribution in [2.75, 3.05) is 25.6 Å². The summed E-state index contributed by atoms with van der Waals surface area (Å²) in [6.45, 7) is 2.34. The van der Waals surface area contributed by atoms with Gasteiger partial charge in [0, 0.05) is 18.6 Å². The van der Waals surface area contributed by atoms with E-state index in [-0.39, 0.29) is 37.7 Å². The molecule has 0 saturated carbocycles. The van der Waals surface area contributed by atoms with Crippen LogP contribution in [0.5, 0.6) is 5.75 Å². The molecule has 0 unspecified atom stereocenters. The Balaban J connectivity index is 2.00. The molecule has 2 aromatic carbocycles. The lowest BCUT2D eigenvalue weighted by molar-refractivity contribution is 0.0854. The first kappa shape index (κ1) is 25.5. The number of nitrogens with one attached hydrogen (secondary N) is 1. The average Bonchev–Trinajstić information content (AvgIpc) is 2.81. The summed E-state index contributed by atoms with van der Waals surface area (Å²) in [5.41, 5.74) is 7.13. The van der Waals surface area contributed by atoms with E-state index in [9.17, 15) is 9.59 Å². The molecule has 0 amide bonds. The first-order chi connectivity index (χ1) is 16.3. The Bertz CT molecular complexity index is 1220. The van der Waals surface area contributed by atoms with Gasteiger partial charge in [0.05, 0.1) is 26.4 Å². The lowest BCUT2D eigenvalue weighted by atomic mass is 10.2. The minimum absolute atomic E-state index is 0.00351. The molecule has 1 atom stereocenters. The van der Waals surface area contributed by atoms with Gasteiger partial charge < -0.3 is 20.3 Å². The molecule has 0 bridgehead atoms. The second kappa shape index (κ2) is 11.8. The van der Waals surface area contributed by atoms with Crippen molar-refractivity contribution in [2.24, 2.45) is 7.05 Å². The van der Waals surface area contributed by atoms with Crippen molar-refractivity contribution in [2.45, 2.75) is 26.2 Å². The van der Waals surface area contributed by atoms with Crippen molar-refractivity contribution in [1.82, 2.24) is 14.5 Å². The number of benzene rings is 2. The summed E-state index contributed by atoms with van der Waals surface area (Å²) in [5.74, 6) is 0.544. The minimum Gasteiger partial charge on any atom is -0.471 e. The normalized spacial score (nSPS) is 12.0. The van der Waals surface area contributed by atoms with Crippen LogP contribution in [0.15, 0.2) is 58.1 Å². The van der Waals surface area contributed by atoms with Gasteiger partial charge in [0.2, 0.25) is 0 Å². The van der Waals surface area contributed by atoms with Gasteiger partial charge in [-0.25, -0.2) is 4.79 Å². The Morgan fingerprint density at radius 2 is 1.88 bits per heavy atom. The number of aryl methyl sites for hydroxylation is 1. The third-order valence-electron chi connectivity index (χ3n) is 5.24. The van der Waals surface area contributed by atoms with E-state index in [4.69, 9.17) is 31.9 Å². The molecule has 0 aliphatic rings. The van der Waals surface area contributed by atoms with E-state index in [1.54, 1.807) is 18.2 Å². The molecule has 4 N–H and O–H groups in total. The van der Waals surface area contributed by atoms with Crippen LogP contribution in [0.1, 0.15) is 22.9 Å². The zero-order valence-corrected chi connectivity index (χ0v) is 19.9. The largest absolute Gasteiger partial charge is 0.471 e. The highest BCUT2D eigenvalue weighted by Gasteiger charge is 2.25. The summed E-state index contributed by atoms with van der Waals surface area (Å²) in [5, 5.41) is 12.7. The van der Waals surface area contributed by atoms with E-state index in [1.807, 2.05) is 37.3 Å². The van der Waals surface area contributed by atoms with E-state index in [0.29, 0.717) is 17.3 Å². The van der Waals surface area contributed by atoms with Crippen LogP contribution >= 0.6 is 11.6 Å². The highest BCUT2D eigenvalue weighted by molar-refractivity contribution is 6.30. The maximum atomic E-state index is 13.4. The third kappa shape index (κ3) is 6.27. The topological polar surface area (TPSA) is 121 Å². The zero-order chi connectivity index (χ0) is 24.7. The Morgan fingerprint density at radius 3 is 2.56 bits per heavy atom. The summed E-state index contributed by atoms with van der Waals surface area (Å²) in [6.07, 6.45) is -0.943. The van der Waals surface area contributed by atoms with Gasteiger partial charge in [0.25, 0.3) is 5.56 Å². The van der Waals surface area contributed by atoms with Gasteiger partial charge >= 0.3 is 5.69 Å². The quantitative estimate of drug-likeness (QED) is 0.279. The molecule has 9 nitrogen and oxygen atoms in total. The maximum absolute atomic E-state index is 13.4. The van der Waals surface area contributed by atoms with Crippen molar-refractivity contribution < 1.29 is 14.6 Å².